The van der Waals surface area contributed by atoms with Gasteiger partial charge in [0.25, 0.3) is 0 Å². The van der Waals surface area contributed by atoms with Crippen LogP contribution in [0.3, 0.4) is 0 Å². The second-order valence-electron chi connectivity index (χ2n) is 6.86. The van der Waals surface area contributed by atoms with E-state index in [2.05, 4.69) is 15.2 Å². The molecule has 1 aliphatic rings. The van der Waals surface area contributed by atoms with Crippen LogP contribution in [-0.4, -0.2) is 22.2 Å². The van der Waals surface area contributed by atoms with Gasteiger partial charge in [0.2, 0.25) is 0 Å². The van der Waals surface area contributed by atoms with Crippen LogP contribution in [0.15, 0.2) is 71.9 Å². The molecular weight excluding hydrogens is 353 g/mol. The van der Waals surface area contributed by atoms with Gasteiger partial charge in [-0.2, -0.15) is 5.10 Å². The maximum absolute atomic E-state index is 13.3. The summed E-state index contributed by atoms with van der Waals surface area (Å²) in [5.41, 5.74) is 4.37. The monoisotopic (exact) mass is 373 g/mol. The van der Waals surface area contributed by atoms with Crippen molar-refractivity contribution >= 4 is 12.0 Å². The SMILES string of the molecule is O=C(Cc1ccccc1)Cc1[nH]nc(-c2ccc(F)cc2)c1C1C=CN=CC1. The molecule has 0 saturated heterocycles. The first-order chi connectivity index (χ1) is 13.7. The Kier molecular flexibility index (Phi) is 5.24. The van der Waals surface area contributed by atoms with E-state index in [9.17, 15) is 9.18 Å². The van der Waals surface area contributed by atoms with Gasteiger partial charge in [0.15, 0.2) is 0 Å². The molecule has 5 heteroatoms. The number of aromatic nitrogens is 2. The van der Waals surface area contributed by atoms with Crippen molar-refractivity contribution in [2.75, 3.05) is 0 Å². The Bertz CT molecular complexity index is 1020. The van der Waals surface area contributed by atoms with Crippen molar-refractivity contribution in [3.05, 3.63) is 89.5 Å². The van der Waals surface area contributed by atoms with E-state index < -0.39 is 0 Å². The predicted molar refractivity (Wildman–Crippen MR) is 108 cm³/mol. The fourth-order valence-electron chi connectivity index (χ4n) is 3.51. The fourth-order valence-corrected chi connectivity index (χ4v) is 3.51. The first-order valence-corrected chi connectivity index (χ1v) is 9.27. The lowest BCUT2D eigenvalue weighted by Gasteiger charge is -2.15. The standard InChI is InChI=1S/C23H20FN3O/c24-19-8-6-18(7-9-19)23-22(17-10-12-25-13-11-17)21(26-27-23)15-20(28)14-16-4-2-1-3-5-16/h1-10,12-13,17H,11,14-15H2,(H,26,27). The Labute approximate surface area is 162 Å². The third-order valence-corrected chi connectivity index (χ3v) is 4.86. The minimum Gasteiger partial charge on any atom is -0.299 e. The number of allylic oxidation sites excluding steroid dienone is 1. The molecule has 1 N–H and O–H groups in total. The third-order valence-electron chi connectivity index (χ3n) is 4.86. The van der Waals surface area contributed by atoms with E-state index in [1.165, 1.54) is 12.1 Å². The van der Waals surface area contributed by atoms with E-state index in [0.717, 1.165) is 34.5 Å². The van der Waals surface area contributed by atoms with Gasteiger partial charge in [-0.25, -0.2) is 4.39 Å². The van der Waals surface area contributed by atoms with Crippen LogP contribution < -0.4 is 0 Å². The van der Waals surface area contributed by atoms with Gasteiger partial charge < -0.3 is 0 Å². The molecule has 0 bridgehead atoms. The van der Waals surface area contributed by atoms with Gasteiger partial charge in [0.05, 0.1) is 5.69 Å². The third kappa shape index (κ3) is 3.98. The largest absolute Gasteiger partial charge is 0.299 e. The summed E-state index contributed by atoms with van der Waals surface area (Å²) in [7, 11) is 0. The number of hydrogen-bond donors (Lipinski definition) is 1. The Hall–Kier alpha value is -3.34. The van der Waals surface area contributed by atoms with Crippen LogP contribution in [0.1, 0.15) is 29.2 Å². The second kappa shape index (κ2) is 8.13. The van der Waals surface area contributed by atoms with Gasteiger partial charge in [0.1, 0.15) is 11.6 Å². The summed E-state index contributed by atoms with van der Waals surface area (Å²) in [4.78, 5) is 16.8. The van der Waals surface area contributed by atoms with Crippen LogP contribution >= 0.6 is 0 Å². The number of carbonyl (C=O) groups is 1. The molecule has 2 heterocycles. The molecule has 4 nitrogen and oxygen atoms in total. The summed E-state index contributed by atoms with van der Waals surface area (Å²) in [5, 5.41) is 7.53. The molecule has 1 aliphatic heterocycles. The summed E-state index contributed by atoms with van der Waals surface area (Å²) in [6.45, 7) is 0. The number of Topliss-reactive ketones (excluding diaryl/α,β-unsaturated/α-hetero) is 1. The number of H-pyrrole nitrogens is 1. The summed E-state index contributed by atoms with van der Waals surface area (Å²) < 4.78 is 13.3. The highest BCUT2D eigenvalue weighted by Crippen LogP contribution is 2.34. The molecule has 0 aliphatic carbocycles. The van der Waals surface area contributed by atoms with E-state index in [4.69, 9.17) is 0 Å². The number of aliphatic imine (C=N–C) groups is 1. The van der Waals surface area contributed by atoms with E-state index in [-0.39, 0.29) is 23.9 Å². The number of aromatic amines is 1. The van der Waals surface area contributed by atoms with Crippen molar-refractivity contribution in [3.63, 3.8) is 0 Å². The molecule has 2 aromatic carbocycles. The Morgan fingerprint density at radius 3 is 2.57 bits per heavy atom. The van der Waals surface area contributed by atoms with E-state index in [0.29, 0.717) is 6.42 Å². The molecular formula is C23H20FN3O. The molecule has 1 unspecified atom stereocenters. The number of nitrogens with one attached hydrogen (secondary N) is 1. The first-order valence-electron chi connectivity index (χ1n) is 9.27. The van der Waals surface area contributed by atoms with Gasteiger partial charge >= 0.3 is 0 Å². The lowest BCUT2D eigenvalue weighted by molar-refractivity contribution is -0.117. The van der Waals surface area contributed by atoms with Gasteiger partial charge in [-0.15, -0.1) is 0 Å². The molecule has 0 spiro atoms. The molecule has 0 saturated carbocycles. The number of halogens is 1. The summed E-state index contributed by atoms with van der Waals surface area (Å²) >= 11 is 0. The number of ketones is 1. The number of benzene rings is 2. The van der Waals surface area contributed by atoms with Crippen molar-refractivity contribution in [2.24, 2.45) is 4.99 Å². The van der Waals surface area contributed by atoms with Crippen LogP contribution in [0.5, 0.6) is 0 Å². The van der Waals surface area contributed by atoms with Crippen LogP contribution in [0.2, 0.25) is 0 Å². The van der Waals surface area contributed by atoms with Crippen molar-refractivity contribution in [3.8, 4) is 11.3 Å². The van der Waals surface area contributed by atoms with Crippen LogP contribution in [-0.2, 0) is 17.6 Å². The zero-order chi connectivity index (χ0) is 19.3. The van der Waals surface area contributed by atoms with E-state index in [1.807, 2.05) is 42.6 Å². The number of rotatable bonds is 6. The van der Waals surface area contributed by atoms with Crippen molar-refractivity contribution in [1.29, 1.82) is 0 Å². The number of hydrogen-bond acceptors (Lipinski definition) is 3. The van der Waals surface area contributed by atoms with Crippen LogP contribution in [0, 0.1) is 5.82 Å². The van der Waals surface area contributed by atoms with Gasteiger partial charge in [-0.3, -0.25) is 14.9 Å². The molecule has 4 rings (SSSR count). The zero-order valence-corrected chi connectivity index (χ0v) is 15.3. The molecule has 0 amide bonds. The Morgan fingerprint density at radius 1 is 1.07 bits per heavy atom. The molecule has 3 aromatic rings. The lowest BCUT2D eigenvalue weighted by atomic mass is 9.89. The molecule has 140 valence electrons. The van der Waals surface area contributed by atoms with Crippen molar-refractivity contribution in [1.82, 2.24) is 10.2 Å². The Balaban J connectivity index is 1.65. The summed E-state index contributed by atoms with van der Waals surface area (Å²) in [6.07, 6.45) is 7.05. The highest BCUT2D eigenvalue weighted by Gasteiger charge is 2.23. The summed E-state index contributed by atoms with van der Waals surface area (Å²) in [5.74, 6) is -0.0881. The normalized spacial score (nSPS) is 15.7. The topological polar surface area (TPSA) is 58.1 Å². The maximum atomic E-state index is 13.3. The molecule has 1 atom stereocenters. The molecule has 28 heavy (non-hydrogen) atoms. The highest BCUT2D eigenvalue weighted by molar-refractivity contribution is 5.84. The van der Waals surface area contributed by atoms with E-state index >= 15 is 0 Å². The summed E-state index contributed by atoms with van der Waals surface area (Å²) in [6, 6.07) is 16.0. The van der Waals surface area contributed by atoms with Crippen LogP contribution in [0.25, 0.3) is 11.3 Å². The minimum absolute atomic E-state index is 0.0795. The van der Waals surface area contributed by atoms with Crippen molar-refractivity contribution < 1.29 is 9.18 Å². The average molecular weight is 373 g/mol. The van der Waals surface area contributed by atoms with Crippen molar-refractivity contribution in [2.45, 2.75) is 25.2 Å². The smallest absolute Gasteiger partial charge is 0.143 e. The van der Waals surface area contributed by atoms with Crippen LogP contribution in [0.4, 0.5) is 4.39 Å². The second-order valence-corrected chi connectivity index (χ2v) is 6.86. The van der Waals surface area contributed by atoms with Gasteiger partial charge in [-0.1, -0.05) is 36.4 Å². The molecule has 0 radical (unpaired) electrons. The van der Waals surface area contributed by atoms with E-state index in [1.54, 1.807) is 18.3 Å². The fraction of sp³-hybridized carbons (Fsp3) is 0.174. The lowest BCUT2D eigenvalue weighted by Crippen LogP contribution is -2.10. The first kappa shape index (κ1) is 18.0. The molecule has 1 aromatic heterocycles. The average Bonchev–Trinajstić information content (AvgIpc) is 3.13. The minimum atomic E-state index is -0.288. The quantitative estimate of drug-likeness (QED) is 0.684. The maximum Gasteiger partial charge on any atom is 0.143 e. The zero-order valence-electron chi connectivity index (χ0n) is 15.3. The number of carbonyl (C=O) groups excluding carboxylic acids is 1. The highest BCUT2D eigenvalue weighted by atomic mass is 19.1. The molecule has 0 fully saturated rings. The number of nitrogens with zero attached hydrogens (tertiary/aromatic N) is 2. The van der Waals surface area contributed by atoms with Gasteiger partial charge in [0, 0.05) is 48.0 Å². The predicted octanol–water partition coefficient (Wildman–Crippen LogP) is 4.64. The van der Waals surface area contributed by atoms with Gasteiger partial charge in [-0.05, 0) is 36.2 Å². The Morgan fingerprint density at radius 2 is 1.86 bits per heavy atom.